The summed E-state index contributed by atoms with van der Waals surface area (Å²) in [6.45, 7) is -0.601. The molecule has 0 saturated carbocycles. The van der Waals surface area contributed by atoms with E-state index in [1.807, 2.05) is 0 Å². The van der Waals surface area contributed by atoms with Crippen LogP contribution in [0.2, 0.25) is 0 Å². The van der Waals surface area contributed by atoms with Gasteiger partial charge in [-0.05, 0) is 34.5 Å². The molecule has 0 spiro atoms. The maximum Gasteiger partial charge on any atom is 0.261 e. The Kier molecular flexibility index (Phi) is 3.75. The number of hydrogen-bond donors (Lipinski definition) is 0. The Labute approximate surface area is 113 Å². The Hall–Kier alpha value is -0.530. The smallest absolute Gasteiger partial charge is 0.207 e. The summed E-state index contributed by atoms with van der Waals surface area (Å²) in [7, 11) is -3.86. The van der Waals surface area contributed by atoms with Gasteiger partial charge in [-0.25, -0.2) is 17.2 Å². The van der Waals surface area contributed by atoms with E-state index in [1.54, 1.807) is 18.2 Å². The van der Waals surface area contributed by atoms with Crippen molar-refractivity contribution < 1.29 is 17.2 Å². The van der Waals surface area contributed by atoms with Gasteiger partial charge in [0.15, 0.2) is 0 Å². The van der Waals surface area contributed by atoms with Crippen molar-refractivity contribution in [3.63, 3.8) is 0 Å². The minimum Gasteiger partial charge on any atom is -0.207 e. The molecule has 0 amide bonds. The number of rotatable bonds is 2. The van der Waals surface area contributed by atoms with Gasteiger partial charge in [0.05, 0.1) is 11.4 Å². The van der Waals surface area contributed by atoms with Crippen LogP contribution in [0.4, 0.5) is 8.78 Å². The third-order valence-corrected chi connectivity index (χ3v) is 5.67. The molecule has 1 aliphatic heterocycles. The molecule has 1 aliphatic rings. The third-order valence-electron chi connectivity index (χ3n) is 2.81. The van der Waals surface area contributed by atoms with Crippen LogP contribution in [0.1, 0.15) is 12.8 Å². The molecular formula is C11H12BrF2NO2S. The average Bonchev–Trinajstić information content (AvgIpc) is 2.28. The molecule has 0 N–H and O–H groups in total. The summed E-state index contributed by atoms with van der Waals surface area (Å²) in [5, 5.41) is 0. The van der Waals surface area contributed by atoms with Crippen LogP contribution in [0, 0.1) is 0 Å². The maximum absolute atomic E-state index is 13.3. The lowest BCUT2D eigenvalue weighted by Crippen LogP contribution is -2.45. The number of alkyl halides is 2. The van der Waals surface area contributed by atoms with Gasteiger partial charge in [-0.15, -0.1) is 0 Å². The maximum atomic E-state index is 13.3. The van der Waals surface area contributed by atoms with Crippen molar-refractivity contribution in [2.45, 2.75) is 23.7 Å². The van der Waals surface area contributed by atoms with E-state index in [1.165, 1.54) is 6.07 Å². The van der Waals surface area contributed by atoms with Crippen molar-refractivity contribution in [1.29, 1.82) is 0 Å². The Morgan fingerprint density at radius 2 is 1.94 bits per heavy atom. The van der Waals surface area contributed by atoms with Crippen LogP contribution >= 0.6 is 15.9 Å². The van der Waals surface area contributed by atoms with Crippen molar-refractivity contribution >= 4 is 26.0 Å². The van der Waals surface area contributed by atoms with Gasteiger partial charge in [-0.2, -0.15) is 4.31 Å². The monoisotopic (exact) mass is 339 g/mol. The topological polar surface area (TPSA) is 37.4 Å². The van der Waals surface area contributed by atoms with Crippen molar-refractivity contribution in [2.75, 3.05) is 13.1 Å². The number of benzene rings is 1. The minimum absolute atomic E-state index is 0.0303. The molecule has 0 bridgehead atoms. The molecule has 1 heterocycles. The molecule has 7 heteroatoms. The number of halogens is 3. The number of piperidine rings is 1. The van der Waals surface area contributed by atoms with Gasteiger partial charge in [0, 0.05) is 17.4 Å². The Bertz CT molecular complexity index is 548. The molecule has 0 atom stereocenters. The fraction of sp³-hybridized carbons (Fsp3) is 0.455. The Balaban J connectivity index is 2.35. The highest BCUT2D eigenvalue weighted by molar-refractivity contribution is 9.10. The summed E-state index contributed by atoms with van der Waals surface area (Å²) in [5.41, 5.74) is 0. The first kappa shape index (κ1) is 13.9. The molecule has 18 heavy (non-hydrogen) atoms. The second-order valence-corrected chi connectivity index (χ2v) is 6.99. The van der Waals surface area contributed by atoms with Crippen LogP contribution in [0.5, 0.6) is 0 Å². The standard InChI is InChI=1S/C11H12BrF2NO2S/c12-9-4-1-2-5-10(9)18(16,17)15-7-3-6-11(13,14)8-15/h1-2,4-5H,3,6-8H2. The highest BCUT2D eigenvalue weighted by Crippen LogP contribution is 2.32. The molecule has 2 rings (SSSR count). The zero-order valence-electron chi connectivity index (χ0n) is 9.44. The highest BCUT2D eigenvalue weighted by Gasteiger charge is 2.40. The average molecular weight is 340 g/mol. The van der Waals surface area contributed by atoms with Crippen LogP contribution < -0.4 is 0 Å². The molecule has 0 radical (unpaired) electrons. The first-order valence-electron chi connectivity index (χ1n) is 5.45. The lowest BCUT2D eigenvalue weighted by Gasteiger charge is -2.31. The van der Waals surface area contributed by atoms with Crippen LogP contribution in [-0.4, -0.2) is 31.7 Å². The second-order valence-electron chi connectivity index (χ2n) is 4.23. The summed E-state index contributed by atoms with van der Waals surface area (Å²) < 4.78 is 52.3. The van der Waals surface area contributed by atoms with E-state index in [0.717, 1.165) is 4.31 Å². The van der Waals surface area contributed by atoms with Gasteiger partial charge in [0.25, 0.3) is 5.92 Å². The molecule has 1 fully saturated rings. The predicted octanol–water partition coefficient (Wildman–Crippen LogP) is 2.87. The first-order valence-corrected chi connectivity index (χ1v) is 7.69. The van der Waals surface area contributed by atoms with Crippen LogP contribution in [0.3, 0.4) is 0 Å². The van der Waals surface area contributed by atoms with Crippen molar-refractivity contribution in [3.05, 3.63) is 28.7 Å². The lowest BCUT2D eigenvalue weighted by atomic mass is 10.1. The zero-order chi connectivity index (χ0) is 13.4. The summed E-state index contributed by atoms with van der Waals surface area (Å²) in [6.07, 6.45) is -0.0777. The zero-order valence-corrected chi connectivity index (χ0v) is 11.8. The SMILES string of the molecule is O=S(=O)(c1ccccc1Br)N1CCCC(F)(F)C1. The molecule has 100 valence electrons. The highest BCUT2D eigenvalue weighted by atomic mass is 79.9. The molecule has 1 saturated heterocycles. The summed E-state index contributed by atoms with van der Waals surface area (Å²) in [4.78, 5) is 0.0303. The Morgan fingerprint density at radius 1 is 1.28 bits per heavy atom. The van der Waals surface area contributed by atoms with E-state index in [0.29, 0.717) is 4.47 Å². The summed E-state index contributed by atoms with van der Waals surface area (Å²) in [6, 6.07) is 6.23. The molecule has 0 unspecified atom stereocenters. The van der Waals surface area contributed by atoms with E-state index in [-0.39, 0.29) is 24.3 Å². The van der Waals surface area contributed by atoms with E-state index in [9.17, 15) is 17.2 Å². The molecule has 1 aromatic carbocycles. The van der Waals surface area contributed by atoms with E-state index in [2.05, 4.69) is 15.9 Å². The molecule has 3 nitrogen and oxygen atoms in total. The van der Waals surface area contributed by atoms with E-state index in [4.69, 9.17) is 0 Å². The first-order chi connectivity index (χ1) is 8.33. The lowest BCUT2D eigenvalue weighted by molar-refractivity contribution is -0.0434. The molecular weight excluding hydrogens is 328 g/mol. The van der Waals surface area contributed by atoms with Crippen LogP contribution in [-0.2, 0) is 10.0 Å². The normalized spacial score (nSPS) is 20.8. The quantitative estimate of drug-likeness (QED) is 0.830. The van der Waals surface area contributed by atoms with Crippen molar-refractivity contribution in [3.8, 4) is 0 Å². The fourth-order valence-electron chi connectivity index (χ4n) is 1.93. The predicted molar refractivity (Wildman–Crippen MR) is 67.1 cm³/mol. The number of sulfonamides is 1. The van der Waals surface area contributed by atoms with Gasteiger partial charge in [-0.1, -0.05) is 12.1 Å². The largest absolute Gasteiger partial charge is 0.261 e. The molecule has 1 aromatic rings. The number of hydrogen-bond acceptors (Lipinski definition) is 2. The molecule has 0 aromatic heterocycles. The van der Waals surface area contributed by atoms with Gasteiger partial charge in [0.2, 0.25) is 10.0 Å². The van der Waals surface area contributed by atoms with E-state index < -0.39 is 22.5 Å². The summed E-state index contributed by atoms with van der Waals surface area (Å²) in [5.74, 6) is -2.94. The minimum atomic E-state index is -3.86. The number of nitrogens with zero attached hydrogens (tertiary/aromatic N) is 1. The van der Waals surface area contributed by atoms with Crippen LogP contribution in [0.25, 0.3) is 0 Å². The van der Waals surface area contributed by atoms with Crippen molar-refractivity contribution in [2.24, 2.45) is 0 Å². The van der Waals surface area contributed by atoms with Gasteiger partial charge >= 0.3 is 0 Å². The van der Waals surface area contributed by atoms with E-state index >= 15 is 0 Å². The third kappa shape index (κ3) is 2.73. The fourth-order valence-corrected chi connectivity index (χ4v) is 4.40. The van der Waals surface area contributed by atoms with Gasteiger partial charge in [0.1, 0.15) is 0 Å². The van der Waals surface area contributed by atoms with Crippen LogP contribution in [0.15, 0.2) is 33.6 Å². The summed E-state index contributed by atoms with van der Waals surface area (Å²) >= 11 is 3.13. The van der Waals surface area contributed by atoms with Crippen molar-refractivity contribution in [1.82, 2.24) is 4.31 Å². The second kappa shape index (κ2) is 4.86. The Morgan fingerprint density at radius 3 is 2.56 bits per heavy atom. The molecule has 0 aliphatic carbocycles. The van der Waals surface area contributed by atoms with Gasteiger partial charge < -0.3 is 0 Å². The van der Waals surface area contributed by atoms with Gasteiger partial charge in [-0.3, -0.25) is 0 Å².